The fraction of sp³-hybridized carbons (Fsp3) is 0.273. The molecule has 0 radical (unpaired) electrons. The predicted octanol–water partition coefficient (Wildman–Crippen LogP) is 2.45. The Morgan fingerprint density at radius 2 is 2.00 bits per heavy atom. The van der Waals surface area contributed by atoms with Crippen molar-refractivity contribution in [2.75, 3.05) is 14.1 Å². The molecule has 70 valence electrons. The highest BCUT2D eigenvalue weighted by Crippen LogP contribution is 2.00. The SMILES string of the molecule is C=CC(=C\C=N/C)/C(/C=C\C)=N/C. The zero-order valence-corrected chi connectivity index (χ0v) is 8.49. The maximum absolute atomic E-state index is 4.13. The Bertz CT molecular complexity index is 268. The second kappa shape index (κ2) is 7.22. The van der Waals surface area contributed by atoms with Gasteiger partial charge in [0.05, 0.1) is 5.71 Å². The normalized spacial score (nSPS) is 14.4. The standard InChI is InChI=1S/C11H16N2/c1-5-7-11(13-4)10(6-2)8-9-12-3/h5-9H,2H2,1,3-4H3/b7-5-,10-8+,12-9-,13-11+. The van der Waals surface area contributed by atoms with Crippen molar-refractivity contribution in [3.63, 3.8) is 0 Å². The molecule has 0 spiro atoms. The number of aliphatic imine (C=N–C) groups is 2. The van der Waals surface area contributed by atoms with Gasteiger partial charge in [-0.1, -0.05) is 18.7 Å². The van der Waals surface area contributed by atoms with E-state index in [1.54, 1.807) is 26.4 Å². The summed E-state index contributed by atoms with van der Waals surface area (Å²) < 4.78 is 0. The van der Waals surface area contributed by atoms with Gasteiger partial charge in [-0.15, -0.1) is 0 Å². The van der Waals surface area contributed by atoms with Gasteiger partial charge in [-0.2, -0.15) is 0 Å². The Kier molecular flexibility index (Phi) is 6.42. The maximum Gasteiger partial charge on any atom is 0.0640 e. The molecule has 0 amide bonds. The molecule has 0 aromatic rings. The van der Waals surface area contributed by atoms with Crippen LogP contribution in [0.1, 0.15) is 6.92 Å². The largest absolute Gasteiger partial charge is 0.296 e. The summed E-state index contributed by atoms with van der Waals surface area (Å²) >= 11 is 0. The van der Waals surface area contributed by atoms with E-state index < -0.39 is 0 Å². The average molecular weight is 176 g/mol. The van der Waals surface area contributed by atoms with Crippen LogP contribution in [-0.2, 0) is 0 Å². The van der Waals surface area contributed by atoms with Crippen molar-refractivity contribution in [1.82, 2.24) is 0 Å². The lowest BCUT2D eigenvalue weighted by atomic mass is 10.1. The molecular weight excluding hydrogens is 160 g/mol. The van der Waals surface area contributed by atoms with E-state index in [1.807, 2.05) is 25.2 Å². The first-order valence-corrected chi connectivity index (χ1v) is 4.14. The molecular formula is C11H16N2. The molecule has 0 saturated heterocycles. The summed E-state index contributed by atoms with van der Waals surface area (Å²) in [5.74, 6) is 0. The molecule has 0 bridgehead atoms. The highest BCUT2D eigenvalue weighted by atomic mass is 14.7. The third-order valence-corrected chi connectivity index (χ3v) is 1.48. The van der Waals surface area contributed by atoms with Gasteiger partial charge in [-0.3, -0.25) is 9.98 Å². The average Bonchev–Trinajstić information content (AvgIpc) is 2.17. The Hall–Kier alpha value is -1.44. The maximum atomic E-state index is 4.13. The van der Waals surface area contributed by atoms with E-state index in [4.69, 9.17) is 0 Å². The number of rotatable bonds is 4. The summed E-state index contributed by atoms with van der Waals surface area (Å²) in [7, 11) is 3.49. The highest BCUT2D eigenvalue weighted by molar-refractivity contribution is 6.11. The molecule has 0 aromatic carbocycles. The van der Waals surface area contributed by atoms with Crippen molar-refractivity contribution >= 4 is 11.9 Å². The third kappa shape index (κ3) is 4.21. The molecule has 0 heterocycles. The van der Waals surface area contributed by atoms with Gasteiger partial charge in [0, 0.05) is 25.9 Å². The molecule has 0 N–H and O–H groups in total. The van der Waals surface area contributed by atoms with Crippen LogP contribution >= 0.6 is 0 Å². The van der Waals surface area contributed by atoms with Gasteiger partial charge in [0.25, 0.3) is 0 Å². The fourth-order valence-corrected chi connectivity index (χ4v) is 0.871. The van der Waals surface area contributed by atoms with Gasteiger partial charge in [0.2, 0.25) is 0 Å². The van der Waals surface area contributed by atoms with Crippen LogP contribution in [0.4, 0.5) is 0 Å². The van der Waals surface area contributed by atoms with Gasteiger partial charge in [-0.05, 0) is 19.1 Å². The quantitative estimate of drug-likeness (QED) is 0.464. The van der Waals surface area contributed by atoms with Crippen LogP contribution in [0.25, 0.3) is 0 Å². The topological polar surface area (TPSA) is 24.7 Å². The zero-order valence-electron chi connectivity index (χ0n) is 8.49. The van der Waals surface area contributed by atoms with E-state index in [1.165, 1.54) is 0 Å². The minimum atomic E-state index is 0.914. The molecule has 0 fully saturated rings. The van der Waals surface area contributed by atoms with Crippen LogP contribution in [0.15, 0.2) is 46.4 Å². The van der Waals surface area contributed by atoms with Crippen molar-refractivity contribution < 1.29 is 0 Å². The Morgan fingerprint density at radius 1 is 1.31 bits per heavy atom. The first-order chi connectivity index (χ1) is 6.29. The fourth-order valence-electron chi connectivity index (χ4n) is 0.871. The van der Waals surface area contributed by atoms with Gasteiger partial charge >= 0.3 is 0 Å². The zero-order chi connectivity index (χ0) is 10.1. The van der Waals surface area contributed by atoms with Crippen molar-refractivity contribution in [3.05, 3.63) is 36.5 Å². The van der Waals surface area contributed by atoms with E-state index in [2.05, 4.69) is 16.6 Å². The number of hydrogen-bond donors (Lipinski definition) is 0. The molecule has 0 atom stereocenters. The van der Waals surface area contributed by atoms with E-state index in [0.717, 1.165) is 11.3 Å². The van der Waals surface area contributed by atoms with Crippen LogP contribution in [0, 0.1) is 0 Å². The van der Waals surface area contributed by atoms with Gasteiger partial charge < -0.3 is 0 Å². The summed E-state index contributed by atoms with van der Waals surface area (Å²) in [6.07, 6.45) is 9.27. The molecule has 13 heavy (non-hydrogen) atoms. The predicted molar refractivity (Wildman–Crippen MR) is 60.9 cm³/mol. The van der Waals surface area contributed by atoms with E-state index >= 15 is 0 Å². The monoisotopic (exact) mass is 176 g/mol. The van der Waals surface area contributed by atoms with Crippen molar-refractivity contribution in [2.45, 2.75) is 6.92 Å². The molecule has 0 saturated carbocycles. The highest BCUT2D eigenvalue weighted by Gasteiger charge is 1.95. The summed E-state index contributed by atoms with van der Waals surface area (Å²) in [5, 5.41) is 0. The first kappa shape index (κ1) is 11.6. The van der Waals surface area contributed by atoms with Gasteiger partial charge in [0.1, 0.15) is 0 Å². The molecule has 0 aliphatic carbocycles. The Balaban J connectivity index is 4.84. The lowest BCUT2D eigenvalue weighted by Gasteiger charge is -1.98. The van der Waals surface area contributed by atoms with E-state index in [-0.39, 0.29) is 0 Å². The number of allylic oxidation sites excluding steroid dienone is 5. The van der Waals surface area contributed by atoms with Crippen molar-refractivity contribution in [2.24, 2.45) is 9.98 Å². The third-order valence-electron chi connectivity index (χ3n) is 1.48. The van der Waals surface area contributed by atoms with Crippen LogP contribution in [0.2, 0.25) is 0 Å². The smallest absolute Gasteiger partial charge is 0.0640 e. The summed E-state index contributed by atoms with van der Waals surface area (Å²) in [6, 6.07) is 0. The molecule has 2 nitrogen and oxygen atoms in total. The minimum Gasteiger partial charge on any atom is -0.296 e. The van der Waals surface area contributed by atoms with Gasteiger partial charge in [0.15, 0.2) is 0 Å². The van der Waals surface area contributed by atoms with Gasteiger partial charge in [-0.25, -0.2) is 0 Å². The Labute approximate surface area is 80.1 Å². The summed E-state index contributed by atoms with van der Waals surface area (Å²) in [5.41, 5.74) is 1.89. The number of nitrogens with zero attached hydrogens (tertiary/aromatic N) is 2. The number of hydrogen-bond acceptors (Lipinski definition) is 2. The Morgan fingerprint density at radius 3 is 2.38 bits per heavy atom. The minimum absolute atomic E-state index is 0.914. The molecule has 0 aliphatic rings. The molecule has 0 unspecified atom stereocenters. The summed E-state index contributed by atoms with van der Waals surface area (Å²) in [4.78, 5) is 8.00. The molecule has 0 aliphatic heterocycles. The van der Waals surface area contributed by atoms with Crippen LogP contribution in [-0.4, -0.2) is 26.0 Å². The second-order valence-electron chi connectivity index (χ2n) is 2.34. The van der Waals surface area contributed by atoms with Crippen molar-refractivity contribution in [3.8, 4) is 0 Å². The summed E-state index contributed by atoms with van der Waals surface area (Å²) in [6.45, 7) is 5.68. The molecule has 2 heteroatoms. The lowest BCUT2D eigenvalue weighted by Crippen LogP contribution is -1.96. The second-order valence-corrected chi connectivity index (χ2v) is 2.34. The first-order valence-electron chi connectivity index (χ1n) is 4.14. The van der Waals surface area contributed by atoms with Crippen LogP contribution in [0.5, 0.6) is 0 Å². The lowest BCUT2D eigenvalue weighted by molar-refractivity contribution is 1.43. The molecule has 0 rings (SSSR count). The van der Waals surface area contributed by atoms with E-state index in [9.17, 15) is 0 Å². The van der Waals surface area contributed by atoms with Crippen LogP contribution in [0.3, 0.4) is 0 Å². The van der Waals surface area contributed by atoms with E-state index in [0.29, 0.717) is 0 Å². The van der Waals surface area contributed by atoms with Crippen LogP contribution < -0.4 is 0 Å². The van der Waals surface area contributed by atoms with Crippen molar-refractivity contribution in [1.29, 1.82) is 0 Å². The molecule has 0 aromatic heterocycles.